The molecule has 0 N–H and O–H groups in total. The van der Waals surface area contributed by atoms with Crippen molar-refractivity contribution in [3.63, 3.8) is 0 Å². The molecule has 0 saturated carbocycles. The standard InChI is InChI=1S/C23H19ClN2O7/c1-13-7-18(14(2)25(13)10-15-3-6-21-22(8-15)33-12-32-21)20(27)11-31-23(28)17-5-4-16(24)9-19(17)26(29)30/h3-9H,10-12H2,1-2H3. The number of fused-ring (bicyclic) bond motifs is 1. The zero-order valence-electron chi connectivity index (χ0n) is 17.8. The summed E-state index contributed by atoms with van der Waals surface area (Å²) in [6.45, 7) is 3.83. The number of ether oxygens (including phenoxy) is 3. The Morgan fingerprint density at radius 1 is 1.09 bits per heavy atom. The van der Waals surface area contributed by atoms with E-state index >= 15 is 0 Å². The van der Waals surface area contributed by atoms with Crippen LogP contribution in [0.4, 0.5) is 5.69 Å². The summed E-state index contributed by atoms with van der Waals surface area (Å²) in [5.41, 5.74) is 2.19. The molecule has 0 spiro atoms. The summed E-state index contributed by atoms with van der Waals surface area (Å²) < 4.78 is 17.8. The van der Waals surface area contributed by atoms with E-state index in [1.807, 2.05) is 29.7 Å². The minimum absolute atomic E-state index is 0.115. The average Bonchev–Trinajstić information content (AvgIpc) is 3.36. The van der Waals surface area contributed by atoms with Crippen molar-refractivity contribution >= 4 is 29.0 Å². The molecule has 3 aromatic rings. The molecule has 2 aromatic carbocycles. The van der Waals surface area contributed by atoms with E-state index in [0.717, 1.165) is 17.3 Å². The van der Waals surface area contributed by atoms with Gasteiger partial charge in [-0.3, -0.25) is 14.9 Å². The van der Waals surface area contributed by atoms with Gasteiger partial charge in [-0.2, -0.15) is 0 Å². The SMILES string of the molecule is Cc1cc(C(=O)COC(=O)c2ccc(Cl)cc2[N+](=O)[O-])c(C)n1Cc1ccc2c(c1)OCO2. The normalized spacial score (nSPS) is 12.0. The third kappa shape index (κ3) is 4.54. The summed E-state index contributed by atoms with van der Waals surface area (Å²) in [5, 5.41) is 11.3. The molecule has 170 valence electrons. The maximum absolute atomic E-state index is 12.8. The van der Waals surface area contributed by atoms with Gasteiger partial charge in [0.25, 0.3) is 5.69 Å². The predicted octanol–water partition coefficient (Wildman–Crippen LogP) is 4.48. The van der Waals surface area contributed by atoms with E-state index in [4.69, 9.17) is 25.8 Å². The van der Waals surface area contributed by atoms with Gasteiger partial charge < -0.3 is 18.8 Å². The van der Waals surface area contributed by atoms with E-state index in [1.54, 1.807) is 13.0 Å². The third-order valence-corrected chi connectivity index (χ3v) is 5.60. The van der Waals surface area contributed by atoms with Crippen molar-refractivity contribution in [2.24, 2.45) is 0 Å². The van der Waals surface area contributed by atoms with E-state index in [2.05, 4.69) is 0 Å². The Balaban J connectivity index is 1.47. The predicted molar refractivity (Wildman–Crippen MR) is 118 cm³/mol. The number of ketones is 1. The van der Waals surface area contributed by atoms with E-state index < -0.39 is 29.0 Å². The fraction of sp³-hybridized carbons (Fsp3) is 0.217. The minimum Gasteiger partial charge on any atom is -0.454 e. The number of aromatic nitrogens is 1. The van der Waals surface area contributed by atoms with E-state index in [1.165, 1.54) is 12.1 Å². The highest BCUT2D eigenvalue weighted by Gasteiger charge is 2.24. The first-order valence-electron chi connectivity index (χ1n) is 9.94. The first-order valence-corrected chi connectivity index (χ1v) is 10.3. The van der Waals surface area contributed by atoms with Gasteiger partial charge in [0.1, 0.15) is 5.56 Å². The quantitative estimate of drug-likeness (QED) is 0.216. The first-order chi connectivity index (χ1) is 15.7. The van der Waals surface area contributed by atoms with Gasteiger partial charge in [-0.05, 0) is 49.7 Å². The van der Waals surface area contributed by atoms with Gasteiger partial charge in [-0.1, -0.05) is 17.7 Å². The van der Waals surface area contributed by atoms with Crippen molar-refractivity contribution in [1.29, 1.82) is 0 Å². The van der Waals surface area contributed by atoms with Gasteiger partial charge in [0.05, 0.1) is 4.92 Å². The number of nitrogens with zero attached hydrogens (tertiary/aromatic N) is 2. The van der Waals surface area contributed by atoms with Crippen LogP contribution in [0.15, 0.2) is 42.5 Å². The number of rotatable bonds is 7. The Hall–Kier alpha value is -3.85. The second kappa shape index (κ2) is 8.95. The molecule has 0 unspecified atom stereocenters. The maximum Gasteiger partial charge on any atom is 0.345 e. The molecule has 0 amide bonds. The fourth-order valence-corrected chi connectivity index (χ4v) is 3.83. The molecular weight excluding hydrogens is 452 g/mol. The van der Waals surface area contributed by atoms with Crippen LogP contribution in [-0.2, 0) is 11.3 Å². The van der Waals surface area contributed by atoms with Crippen LogP contribution in [0, 0.1) is 24.0 Å². The molecule has 0 atom stereocenters. The number of halogens is 1. The zero-order chi connectivity index (χ0) is 23.7. The van der Waals surface area contributed by atoms with Crippen LogP contribution < -0.4 is 9.47 Å². The van der Waals surface area contributed by atoms with Crippen molar-refractivity contribution in [3.8, 4) is 11.5 Å². The number of esters is 1. The maximum atomic E-state index is 12.8. The Bertz CT molecular complexity index is 1280. The van der Waals surface area contributed by atoms with Crippen LogP contribution in [0.2, 0.25) is 5.02 Å². The Morgan fingerprint density at radius 3 is 2.61 bits per heavy atom. The molecule has 1 aliphatic heterocycles. The number of Topliss-reactive ketones (excluding diaryl/α,β-unsaturated/α-hetero) is 1. The van der Waals surface area contributed by atoms with Gasteiger partial charge in [0, 0.05) is 34.6 Å². The van der Waals surface area contributed by atoms with Gasteiger partial charge in [-0.25, -0.2) is 4.79 Å². The van der Waals surface area contributed by atoms with Crippen molar-refractivity contribution in [2.45, 2.75) is 20.4 Å². The molecule has 33 heavy (non-hydrogen) atoms. The van der Waals surface area contributed by atoms with E-state index in [0.29, 0.717) is 29.3 Å². The van der Waals surface area contributed by atoms with Crippen LogP contribution in [0.3, 0.4) is 0 Å². The molecule has 2 heterocycles. The number of hydrogen-bond acceptors (Lipinski definition) is 7. The highest BCUT2D eigenvalue weighted by atomic mass is 35.5. The lowest BCUT2D eigenvalue weighted by molar-refractivity contribution is -0.385. The van der Waals surface area contributed by atoms with Gasteiger partial charge in [-0.15, -0.1) is 0 Å². The van der Waals surface area contributed by atoms with E-state index in [9.17, 15) is 19.7 Å². The summed E-state index contributed by atoms with van der Waals surface area (Å²) in [4.78, 5) is 35.6. The van der Waals surface area contributed by atoms with Crippen LogP contribution in [0.5, 0.6) is 11.5 Å². The summed E-state index contributed by atoms with van der Waals surface area (Å²) in [6, 6.07) is 11.0. The minimum atomic E-state index is -0.971. The molecular formula is C23H19ClN2O7. The summed E-state index contributed by atoms with van der Waals surface area (Å²) in [5.74, 6) is -0.0151. The van der Waals surface area contributed by atoms with Gasteiger partial charge in [0.2, 0.25) is 12.6 Å². The number of hydrogen-bond donors (Lipinski definition) is 0. The molecule has 0 bridgehead atoms. The lowest BCUT2D eigenvalue weighted by Crippen LogP contribution is -2.16. The third-order valence-electron chi connectivity index (χ3n) is 5.36. The second-order valence-corrected chi connectivity index (χ2v) is 7.91. The molecule has 0 aliphatic carbocycles. The van der Waals surface area contributed by atoms with Crippen molar-refractivity contribution in [2.75, 3.05) is 13.4 Å². The first kappa shape index (κ1) is 22.3. The van der Waals surface area contributed by atoms with E-state index in [-0.39, 0.29) is 17.4 Å². The number of nitro benzene ring substituents is 1. The smallest absolute Gasteiger partial charge is 0.345 e. The Kier molecular flexibility index (Phi) is 6.06. The van der Waals surface area contributed by atoms with Crippen LogP contribution in [-0.4, -0.2) is 34.6 Å². The van der Waals surface area contributed by atoms with Gasteiger partial charge in [0.15, 0.2) is 18.1 Å². The fourth-order valence-electron chi connectivity index (χ4n) is 3.66. The summed E-state index contributed by atoms with van der Waals surface area (Å²) >= 11 is 5.77. The largest absolute Gasteiger partial charge is 0.454 e. The average molecular weight is 471 g/mol. The number of benzene rings is 2. The Labute approximate surface area is 193 Å². The molecule has 0 fully saturated rings. The number of aryl methyl sites for hydroxylation is 1. The second-order valence-electron chi connectivity index (χ2n) is 7.48. The molecule has 1 aromatic heterocycles. The molecule has 4 rings (SSSR count). The van der Waals surface area contributed by atoms with Gasteiger partial charge >= 0.3 is 5.97 Å². The number of carbonyl (C=O) groups excluding carboxylic acids is 2. The van der Waals surface area contributed by atoms with Crippen LogP contribution in [0.25, 0.3) is 0 Å². The number of nitro groups is 1. The monoisotopic (exact) mass is 470 g/mol. The molecule has 10 heteroatoms. The Morgan fingerprint density at radius 2 is 1.85 bits per heavy atom. The molecule has 9 nitrogen and oxygen atoms in total. The lowest BCUT2D eigenvalue weighted by atomic mass is 10.1. The van der Waals surface area contributed by atoms with Crippen molar-refractivity contribution in [3.05, 3.63) is 85.7 Å². The number of carbonyl (C=O) groups is 2. The zero-order valence-corrected chi connectivity index (χ0v) is 18.5. The van der Waals surface area contributed by atoms with Crippen LogP contribution >= 0.6 is 11.6 Å². The topological polar surface area (TPSA) is 110 Å². The highest BCUT2D eigenvalue weighted by molar-refractivity contribution is 6.31. The summed E-state index contributed by atoms with van der Waals surface area (Å²) in [6.07, 6.45) is 0. The molecule has 0 radical (unpaired) electrons. The highest BCUT2D eigenvalue weighted by Crippen LogP contribution is 2.33. The lowest BCUT2D eigenvalue weighted by Gasteiger charge is -2.11. The van der Waals surface area contributed by atoms with Crippen molar-refractivity contribution < 1.29 is 28.7 Å². The molecule has 0 saturated heterocycles. The van der Waals surface area contributed by atoms with Crippen molar-refractivity contribution in [1.82, 2.24) is 4.57 Å². The van der Waals surface area contributed by atoms with Crippen LogP contribution in [0.1, 0.15) is 37.7 Å². The molecule has 1 aliphatic rings. The summed E-state index contributed by atoms with van der Waals surface area (Å²) in [7, 11) is 0.